The molecule has 3 radical (unpaired) electrons. The number of ether oxygens (including phenoxy) is 1. The van der Waals surface area contributed by atoms with Gasteiger partial charge in [-0.2, -0.15) is 0 Å². The Morgan fingerprint density at radius 1 is 0.347 bits per heavy atom. The topological polar surface area (TPSA) is 46.5 Å². The molecule has 0 unspecified atom stereocenters. The molecule has 0 amide bonds. The van der Waals surface area contributed by atoms with Crippen molar-refractivity contribution in [3.8, 4) is 0 Å². The van der Waals surface area contributed by atoms with Crippen molar-refractivity contribution in [3.05, 3.63) is 104 Å². The number of aliphatic hydroxyl groups is 1. The zero-order valence-electron chi connectivity index (χ0n) is 65.6. The second-order valence-electron chi connectivity index (χ2n) is 35.0. The van der Waals surface area contributed by atoms with Gasteiger partial charge in [0.25, 0.3) is 0 Å². The van der Waals surface area contributed by atoms with E-state index >= 15 is 13.2 Å². The molecule has 3 nitrogen and oxygen atoms in total. The summed E-state index contributed by atoms with van der Waals surface area (Å²) in [6.07, 6.45) is 55.9. The molecule has 3 aromatic rings. The van der Waals surface area contributed by atoms with E-state index in [0.29, 0.717) is 60.2 Å². The van der Waals surface area contributed by atoms with E-state index < -0.39 is 0 Å². The normalized spacial score (nSPS) is 31.7. The number of methoxy groups -OCH3 is 1. The Bertz CT molecular complexity index is 2730. The summed E-state index contributed by atoms with van der Waals surface area (Å²) in [6, 6.07) is 12.9. The minimum Gasteiger partial charge on any atom is -1.00 e. The van der Waals surface area contributed by atoms with E-state index in [0.717, 1.165) is 182 Å². The Kier molecular flexibility index (Phi) is 36.5. The fourth-order valence-electron chi connectivity index (χ4n) is 20.6. The van der Waals surface area contributed by atoms with Gasteiger partial charge in [-0.25, -0.2) is 13.2 Å². The minimum absolute atomic E-state index is 0. The summed E-state index contributed by atoms with van der Waals surface area (Å²) in [5, 5.41) is 9.73. The first-order chi connectivity index (χ1) is 46.5. The average molecular weight is 1360 g/mol. The van der Waals surface area contributed by atoms with Gasteiger partial charge < -0.3 is 11.3 Å². The third kappa shape index (κ3) is 26.0. The predicted molar refractivity (Wildman–Crippen MR) is 405 cm³/mol. The van der Waals surface area contributed by atoms with Gasteiger partial charge in [0.2, 0.25) is 0 Å². The minimum atomic E-state index is -0.113. The van der Waals surface area contributed by atoms with Crippen molar-refractivity contribution < 1.29 is 58.8 Å². The summed E-state index contributed by atoms with van der Waals surface area (Å²) in [7, 11) is 1.83. The smallest absolute Gasteiger partial charge is 1.00 e. The van der Waals surface area contributed by atoms with Crippen molar-refractivity contribution in [2.24, 2.45) is 88.8 Å². The molecule has 0 heterocycles. The monoisotopic (exact) mass is 1360 g/mol. The van der Waals surface area contributed by atoms with Crippen molar-refractivity contribution in [2.75, 3.05) is 7.11 Å². The van der Waals surface area contributed by atoms with Gasteiger partial charge in [-0.05, 0) is 320 Å². The maximum Gasteiger partial charge on any atom is 1.00 e. The Morgan fingerprint density at radius 2 is 0.551 bits per heavy atom. The van der Waals surface area contributed by atoms with Crippen LogP contribution in [0.4, 0.5) is 13.2 Å². The Hall–Kier alpha value is -1.90. The molecule has 3 aromatic carbocycles. The number of ketones is 1. The van der Waals surface area contributed by atoms with Crippen molar-refractivity contribution in [2.45, 2.75) is 357 Å². The zero-order chi connectivity index (χ0) is 68.1. The third-order valence-corrected chi connectivity index (χ3v) is 27.7. The first kappa shape index (κ1) is 83.4. The van der Waals surface area contributed by atoms with E-state index in [1.165, 1.54) is 197 Å². The van der Waals surface area contributed by atoms with Gasteiger partial charge in [-0.3, -0.25) is 4.79 Å². The Labute approximate surface area is 625 Å². The summed E-state index contributed by atoms with van der Waals surface area (Å²) in [5.74, 6) is 13.0. The maximum absolute atomic E-state index is 15.3. The molecule has 9 saturated carbocycles. The fraction of sp³-hybridized carbons (Fsp3) is 0.789. The molecule has 0 aliphatic heterocycles. The average Bonchev–Trinajstić information content (AvgIpc) is 0.840. The number of carbonyl (C=O) groups is 1. The van der Waals surface area contributed by atoms with Crippen molar-refractivity contribution in [3.63, 3.8) is 0 Å². The molecule has 0 aromatic heterocycles. The van der Waals surface area contributed by atoms with Crippen LogP contribution in [0.25, 0.3) is 0 Å². The molecular formula is C90H142BF3NaO3. The molecular weight excluding hydrogens is 1220 g/mol. The molecule has 9 aliphatic carbocycles. The van der Waals surface area contributed by atoms with Crippen LogP contribution >= 0.6 is 0 Å². The van der Waals surface area contributed by atoms with Gasteiger partial charge in [0, 0.05) is 28.4 Å². The second-order valence-corrected chi connectivity index (χ2v) is 35.0. The quantitative estimate of drug-likeness (QED) is 0.122. The summed E-state index contributed by atoms with van der Waals surface area (Å²) < 4.78 is 51.2. The second kappa shape index (κ2) is 42.9. The predicted octanol–water partition coefficient (Wildman–Crippen LogP) is 22.0. The SMILES string of the molecule is CC.COC1CCC(Cc2ccc(CC3CCC(CC4CCC(C)CC4)CC3)c(F)c2C)CC1.Cc1c(CC2CCC(=O)CC2)ccc(CC2CCC(CC3CCC(C)CC3)CC2)c1F.Cc1c(CC2CCC(O)CC2)ccc(CC2CCC(CC3CCC(C)CC3)CC2)c1F.[B].[H-].[Na+]. The molecule has 98 heavy (non-hydrogen) atoms. The third-order valence-electron chi connectivity index (χ3n) is 27.7. The Morgan fingerprint density at radius 3 is 0.816 bits per heavy atom. The number of carbonyl (C=O) groups excluding carboxylic acids is 1. The number of rotatable bonds is 19. The molecule has 0 bridgehead atoms. The van der Waals surface area contributed by atoms with Crippen LogP contribution in [0.3, 0.4) is 0 Å². The van der Waals surface area contributed by atoms with Crippen LogP contribution in [-0.2, 0) is 48.1 Å². The van der Waals surface area contributed by atoms with E-state index in [-0.39, 0.29) is 63.0 Å². The van der Waals surface area contributed by atoms with Crippen molar-refractivity contribution in [1.29, 1.82) is 0 Å². The van der Waals surface area contributed by atoms with Crippen LogP contribution < -0.4 is 29.6 Å². The Balaban J connectivity index is 0.000000228. The number of hydrogen-bond acceptors (Lipinski definition) is 3. The van der Waals surface area contributed by atoms with Gasteiger partial charge in [0.05, 0.1) is 12.2 Å². The maximum atomic E-state index is 15.3. The molecule has 0 spiro atoms. The van der Waals surface area contributed by atoms with E-state index in [9.17, 15) is 9.90 Å². The number of benzene rings is 3. The number of halogens is 3. The first-order valence-electron chi connectivity index (χ1n) is 41.5. The zero-order valence-corrected chi connectivity index (χ0v) is 66.6. The van der Waals surface area contributed by atoms with Crippen LogP contribution in [0.5, 0.6) is 0 Å². The number of Topliss-reactive ketones (excluding diaryl/α,β-unsaturated/α-hetero) is 1. The summed E-state index contributed by atoms with van der Waals surface area (Å²) in [5.41, 5.74) is 9.08. The molecule has 9 aliphatic rings. The first-order valence-corrected chi connectivity index (χ1v) is 41.5. The van der Waals surface area contributed by atoms with Crippen LogP contribution in [0.2, 0.25) is 0 Å². The molecule has 545 valence electrons. The van der Waals surface area contributed by atoms with Gasteiger partial charge in [-0.1, -0.05) is 187 Å². The largest absolute Gasteiger partial charge is 1.00 e. The number of aliphatic hydroxyl groups excluding tert-OH is 1. The molecule has 0 saturated heterocycles. The molecule has 12 rings (SSSR count). The summed E-state index contributed by atoms with van der Waals surface area (Å²) in [4.78, 5) is 11.5. The van der Waals surface area contributed by atoms with E-state index in [4.69, 9.17) is 4.74 Å². The number of hydrogen-bond donors (Lipinski definition) is 1. The van der Waals surface area contributed by atoms with E-state index in [2.05, 4.69) is 57.2 Å². The van der Waals surface area contributed by atoms with E-state index in [1.807, 2.05) is 41.7 Å². The van der Waals surface area contributed by atoms with Crippen molar-refractivity contribution >= 4 is 14.2 Å². The van der Waals surface area contributed by atoms with Gasteiger partial charge >= 0.3 is 29.6 Å². The summed E-state index contributed by atoms with van der Waals surface area (Å²) in [6.45, 7) is 17.2. The standard InChI is InChI=1S/C30H47FO.C29H45FO.C29H43FO.C2H6.B.Na.H/c1-21-4-6-23(7-5-21)18-24-8-10-25(11-9-24)20-28-15-14-27(22(2)30(28)31)19-26-12-16-29(32-3)17-13-26;2*1-20-3-5-22(6-4-20)17-23-7-9-24(10-8-23)19-27-14-13-26(21(2)29(27)30)18-25-11-15-28(31)16-12-25;1-2;;;/h14-15,21,23-26,29H,4-13,16-20H2,1-3H3;13-14,20,22-25,28,31H,3-12,15-19H2,1-2H3;13-14,20,22-25H,3-12,15-19H2,1-2H3;1-2H3;;;/q;;;;;+1;-1. The molecule has 0 atom stereocenters. The van der Waals surface area contributed by atoms with Crippen LogP contribution in [-0.4, -0.2) is 38.6 Å². The molecule has 1 N–H and O–H groups in total. The van der Waals surface area contributed by atoms with Crippen LogP contribution in [0.1, 0.15) is 337 Å². The van der Waals surface area contributed by atoms with Gasteiger partial charge in [-0.15, -0.1) is 0 Å². The van der Waals surface area contributed by atoms with Gasteiger partial charge in [0.15, 0.2) is 0 Å². The van der Waals surface area contributed by atoms with Gasteiger partial charge in [0.1, 0.15) is 23.2 Å². The van der Waals surface area contributed by atoms with Crippen LogP contribution in [0.15, 0.2) is 36.4 Å². The fourth-order valence-corrected chi connectivity index (χ4v) is 20.6. The van der Waals surface area contributed by atoms with E-state index in [1.54, 1.807) is 0 Å². The molecule has 9 fully saturated rings. The van der Waals surface area contributed by atoms with Crippen LogP contribution in [0, 0.1) is 127 Å². The summed E-state index contributed by atoms with van der Waals surface area (Å²) >= 11 is 0. The molecule has 8 heteroatoms. The van der Waals surface area contributed by atoms with Crippen molar-refractivity contribution in [1.82, 2.24) is 0 Å².